The minimum absolute atomic E-state index is 0.244. The molecule has 0 aliphatic rings. The Morgan fingerprint density at radius 3 is 2.94 bits per heavy atom. The van der Waals surface area contributed by atoms with E-state index in [2.05, 4.69) is 22.1 Å². The summed E-state index contributed by atoms with van der Waals surface area (Å²) in [7, 11) is 0. The van der Waals surface area contributed by atoms with Crippen LogP contribution in [0.15, 0.2) is 23.6 Å². The summed E-state index contributed by atoms with van der Waals surface area (Å²) in [6.07, 6.45) is 4.72. The summed E-state index contributed by atoms with van der Waals surface area (Å²) in [5, 5.41) is 15.6. The fraction of sp³-hybridized carbons (Fsp3) is 0.600. The second-order valence-electron chi connectivity index (χ2n) is 3.64. The lowest BCUT2D eigenvalue weighted by Gasteiger charge is -2.20. The van der Waals surface area contributed by atoms with Crippen LogP contribution >= 0.6 is 0 Å². The van der Waals surface area contributed by atoms with Crippen molar-refractivity contribution in [2.24, 2.45) is 10.9 Å². The smallest absolute Gasteiger partial charge is 0.153 e. The van der Waals surface area contributed by atoms with Crippen LogP contribution in [0.2, 0.25) is 0 Å². The summed E-state index contributed by atoms with van der Waals surface area (Å²) in [6.45, 7) is 5.17. The van der Waals surface area contributed by atoms with Crippen LogP contribution in [-0.2, 0) is 6.54 Å². The Morgan fingerprint density at radius 1 is 1.56 bits per heavy atom. The van der Waals surface area contributed by atoms with E-state index in [1.54, 1.807) is 6.20 Å². The highest BCUT2D eigenvalue weighted by Crippen LogP contribution is 1.94. The lowest BCUT2D eigenvalue weighted by molar-refractivity contribution is 0.279. The molecule has 1 aromatic heterocycles. The molecule has 0 saturated heterocycles. The molecule has 0 aliphatic heterocycles. The second-order valence-corrected chi connectivity index (χ2v) is 3.64. The fourth-order valence-corrected chi connectivity index (χ4v) is 1.52. The summed E-state index contributed by atoms with van der Waals surface area (Å²) in [4.78, 5) is 2.14. The van der Waals surface area contributed by atoms with Gasteiger partial charge in [0.05, 0.1) is 13.1 Å². The van der Waals surface area contributed by atoms with Crippen LogP contribution in [0.4, 0.5) is 0 Å². The number of nitrogens with two attached hydrogens (primary N) is 1. The Hall–Kier alpha value is -1.56. The van der Waals surface area contributed by atoms with E-state index in [-0.39, 0.29) is 5.84 Å². The molecule has 0 amide bonds. The molecular weight excluding hydrogens is 206 g/mol. The molecule has 1 aromatic rings. The summed E-state index contributed by atoms with van der Waals surface area (Å²) < 4.78 is 1.87. The molecule has 0 atom stereocenters. The Labute approximate surface area is 95.3 Å². The monoisotopic (exact) mass is 225 g/mol. The largest absolute Gasteiger partial charge is 0.409 e. The highest BCUT2D eigenvalue weighted by molar-refractivity contribution is 5.81. The maximum absolute atomic E-state index is 8.52. The number of oxime groups is 1. The Morgan fingerprint density at radius 2 is 2.38 bits per heavy atom. The van der Waals surface area contributed by atoms with Crippen molar-refractivity contribution >= 4 is 5.84 Å². The normalized spacial score (nSPS) is 12.2. The van der Waals surface area contributed by atoms with Gasteiger partial charge in [-0.15, -0.1) is 0 Å². The molecule has 0 spiro atoms. The third kappa shape index (κ3) is 4.31. The van der Waals surface area contributed by atoms with Gasteiger partial charge in [-0.3, -0.25) is 9.58 Å². The number of nitrogens with zero attached hydrogens (tertiary/aromatic N) is 4. The van der Waals surface area contributed by atoms with E-state index >= 15 is 0 Å². The lowest BCUT2D eigenvalue weighted by atomic mass is 10.3. The highest BCUT2D eigenvalue weighted by atomic mass is 16.4. The molecule has 1 heterocycles. The lowest BCUT2D eigenvalue weighted by Crippen LogP contribution is -2.36. The zero-order valence-corrected chi connectivity index (χ0v) is 9.58. The fourth-order valence-electron chi connectivity index (χ4n) is 1.52. The number of aromatic nitrogens is 2. The predicted octanol–water partition coefficient (Wildman–Crippen LogP) is 0.342. The molecule has 0 saturated carbocycles. The van der Waals surface area contributed by atoms with Gasteiger partial charge in [0.1, 0.15) is 0 Å². The Balaban J connectivity index is 2.38. The molecule has 0 radical (unpaired) electrons. The van der Waals surface area contributed by atoms with Crippen LogP contribution in [0, 0.1) is 0 Å². The van der Waals surface area contributed by atoms with Crippen molar-refractivity contribution in [3.63, 3.8) is 0 Å². The minimum Gasteiger partial charge on any atom is -0.409 e. The van der Waals surface area contributed by atoms with Crippen molar-refractivity contribution in [1.29, 1.82) is 0 Å². The van der Waals surface area contributed by atoms with Crippen LogP contribution in [0.1, 0.15) is 13.3 Å². The number of amidine groups is 1. The third-order valence-corrected chi connectivity index (χ3v) is 2.26. The third-order valence-electron chi connectivity index (χ3n) is 2.26. The first kappa shape index (κ1) is 12.5. The molecule has 90 valence electrons. The van der Waals surface area contributed by atoms with Crippen molar-refractivity contribution in [3.05, 3.63) is 18.5 Å². The highest BCUT2D eigenvalue weighted by Gasteiger charge is 2.06. The molecule has 1 rings (SSSR count). The van der Waals surface area contributed by atoms with Crippen LogP contribution in [0.25, 0.3) is 0 Å². The number of hydrogen-bond acceptors (Lipinski definition) is 4. The van der Waals surface area contributed by atoms with Gasteiger partial charge in [0.2, 0.25) is 0 Å². The van der Waals surface area contributed by atoms with Crippen molar-refractivity contribution < 1.29 is 5.21 Å². The molecule has 0 aromatic carbocycles. The van der Waals surface area contributed by atoms with Crippen LogP contribution in [-0.4, -0.2) is 45.4 Å². The van der Waals surface area contributed by atoms with E-state index in [9.17, 15) is 0 Å². The molecule has 0 bridgehead atoms. The van der Waals surface area contributed by atoms with Gasteiger partial charge in [0, 0.05) is 18.9 Å². The molecule has 6 heteroatoms. The molecule has 3 N–H and O–H groups in total. The summed E-state index contributed by atoms with van der Waals surface area (Å²) >= 11 is 0. The zero-order valence-electron chi connectivity index (χ0n) is 9.58. The Kier molecular flexibility index (Phi) is 5.35. The first-order valence-electron chi connectivity index (χ1n) is 5.42. The maximum Gasteiger partial charge on any atom is 0.153 e. The van der Waals surface area contributed by atoms with Crippen molar-refractivity contribution in [2.75, 3.05) is 19.6 Å². The van der Waals surface area contributed by atoms with Crippen molar-refractivity contribution in [1.82, 2.24) is 14.7 Å². The van der Waals surface area contributed by atoms with Crippen molar-refractivity contribution in [2.45, 2.75) is 19.9 Å². The first-order chi connectivity index (χ1) is 7.76. The van der Waals surface area contributed by atoms with Gasteiger partial charge in [0.25, 0.3) is 0 Å². The average Bonchev–Trinajstić information content (AvgIpc) is 2.79. The predicted molar refractivity (Wildman–Crippen MR) is 62.4 cm³/mol. The van der Waals surface area contributed by atoms with Crippen LogP contribution < -0.4 is 5.73 Å². The molecule has 0 unspecified atom stereocenters. The van der Waals surface area contributed by atoms with Gasteiger partial charge >= 0.3 is 0 Å². The summed E-state index contributed by atoms with van der Waals surface area (Å²) in [6, 6.07) is 1.90. The Bertz CT molecular complexity index is 309. The summed E-state index contributed by atoms with van der Waals surface area (Å²) in [5.74, 6) is 0.244. The van der Waals surface area contributed by atoms with E-state index in [4.69, 9.17) is 10.9 Å². The molecule has 0 fully saturated rings. The maximum atomic E-state index is 8.52. The minimum atomic E-state index is 0.244. The van der Waals surface area contributed by atoms with E-state index < -0.39 is 0 Å². The van der Waals surface area contributed by atoms with E-state index in [1.807, 2.05) is 16.9 Å². The standard InChI is InChI=1S/C10H19N5O/c1-2-5-14(9-10(11)13-16)7-8-15-6-3-4-12-15/h3-4,6,16H,2,5,7-9H2,1H3,(H2,11,13). The quantitative estimate of drug-likeness (QED) is 0.303. The van der Waals surface area contributed by atoms with Gasteiger partial charge in [-0.05, 0) is 19.0 Å². The summed E-state index contributed by atoms with van der Waals surface area (Å²) in [5.41, 5.74) is 5.49. The zero-order chi connectivity index (χ0) is 11.8. The average molecular weight is 225 g/mol. The molecular formula is C10H19N5O. The van der Waals surface area contributed by atoms with Gasteiger partial charge in [-0.2, -0.15) is 5.10 Å². The SMILES string of the molecule is CCCN(CCn1cccn1)CC(N)=NO. The van der Waals surface area contributed by atoms with Crippen LogP contribution in [0.3, 0.4) is 0 Å². The van der Waals surface area contributed by atoms with Gasteiger partial charge < -0.3 is 10.9 Å². The van der Waals surface area contributed by atoms with E-state index in [1.165, 1.54) is 0 Å². The van der Waals surface area contributed by atoms with E-state index in [0.717, 1.165) is 26.1 Å². The van der Waals surface area contributed by atoms with E-state index in [0.29, 0.717) is 6.54 Å². The second kappa shape index (κ2) is 6.84. The van der Waals surface area contributed by atoms with Crippen LogP contribution in [0.5, 0.6) is 0 Å². The molecule has 16 heavy (non-hydrogen) atoms. The van der Waals surface area contributed by atoms with Gasteiger partial charge in [-0.25, -0.2) is 0 Å². The van der Waals surface area contributed by atoms with Crippen molar-refractivity contribution in [3.8, 4) is 0 Å². The van der Waals surface area contributed by atoms with Gasteiger partial charge in [-0.1, -0.05) is 12.1 Å². The topological polar surface area (TPSA) is 79.7 Å². The number of rotatable bonds is 7. The molecule has 0 aliphatic carbocycles. The molecule has 6 nitrogen and oxygen atoms in total. The number of hydrogen-bond donors (Lipinski definition) is 2. The first-order valence-corrected chi connectivity index (χ1v) is 5.42. The van der Waals surface area contributed by atoms with Gasteiger partial charge in [0.15, 0.2) is 5.84 Å².